The third-order valence-electron chi connectivity index (χ3n) is 2.94. The average Bonchev–Trinajstić information content (AvgIpc) is 2.76. The SMILES string of the molecule is CC(=O)Nc1ccc(-c2nn(CCO)c(N)c2C=O)cc1. The van der Waals surface area contributed by atoms with Gasteiger partial charge in [-0.05, 0) is 12.1 Å². The van der Waals surface area contributed by atoms with E-state index in [0.29, 0.717) is 23.2 Å². The summed E-state index contributed by atoms with van der Waals surface area (Å²) < 4.78 is 1.39. The molecule has 4 N–H and O–H groups in total. The summed E-state index contributed by atoms with van der Waals surface area (Å²) in [5.74, 6) is 0.0628. The van der Waals surface area contributed by atoms with Gasteiger partial charge >= 0.3 is 0 Å². The normalized spacial score (nSPS) is 10.4. The Morgan fingerprint density at radius 2 is 2.10 bits per heavy atom. The lowest BCUT2D eigenvalue weighted by atomic mass is 10.1. The van der Waals surface area contributed by atoms with Crippen LogP contribution >= 0.6 is 0 Å². The summed E-state index contributed by atoms with van der Waals surface area (Å²) in [6.07, 6.45) is 0.646. The molecule has 0 fully saturated rings. The predicted molar refractivity (Wildman–Crippen MR) is 78.9 cm³/mol. The van der Waals surface area contributed by atoms with Crippen molar-refractivity contribution in [1.82, 2.24) is 9.78 Å². The minimum Gasteiger partial charge on any atom is -0.394 e. The van der Waals surface area contributed by atoms with Gasteiger partial charge in [0, 0.05) is 18.2 Å². The molecule has 0 saturated carbocycles. The van der Waals surface area contributed by atoms with Gasteiger partial charge in [-0.15, -0.1) is 0 Å². The minimum absolute atomic E-state index is 0.120. The van der Waals surface area contributed by atoms with Gasteiger partial charge in [0.25, 0.3) is 0 Å². The van der Waals surface area contributed by atoms with Gasteiger partial charge in [0.15, 0.2) is 6.29 Å². The largest absolute Gasteiger partial charge is 0.394 e. The van der Waals surface area contributed by atoms with Gasteiger partial charge < -0.3 is 16.2 Å². The fourth-order valence-corrected chi connectivity index (χ4v) is 2.00. The summed E-state index contributed by atoms with van der Waals surface area (Å²) in [7, 11) is 0. The molecule has 2 aromatic rings. The average molecular weight is 288 g/mol. The number of carbonyl (C=O) groups excluding carboxylic acids is 2. The van der Waals surface area contributed by atoms with E-state index >= 15 is 0 Å². The fraction of sp³-hybridized carbons (Fsp3) is 0.214. The van der Waals surface area contributed by atoms with Gasteiger partial charge in [-0.25, -0.2) is 4.68 Å². The van der Waals surface area contributed by atoms with Gasteiger partial charge in [-0.2, -0.15) is 5.10 Å². The maximum atomic E-state index is 11.2. The first-order valence-corrected chi connectivity index (χ1v) is 6.37. The highest BCUT2D eigenvalue weighted by atomic mass is 16.3. The number of aromatic nitrogens is 2. The van der Waals surface area contributed by atoms with Gasteiger partial charge in [0.2, 0.25) is 5.91 Å². The summed E-state index contributed by atoms with van der Waals surface area (Å²) in [5, 5.41) is 15.9. The van der Waals surface area contributed by atoms with Crippen molar-refractivity contribution in [2.45, 2.75) is 13.5 Å². The van der Waals surface area contributed by atoms with E-state index in [1.54, 1.807) is 24.3 Å². The van der Waals surface area contributed by atoms with Crippen LogP contribution in [0.25, 0.3) is 11.3 Å². The Kier molecular flexibility index (Phi) is 4.34. The molecule has 1 amide bonds. The van der Waals surface area contributed by atoms with E-state index in [1.807, 2.05) is 0 Å². The second kappa shape index (κ2) is 6.19. The molecule has 0 spiro atoms. The molecule has 1 aromatic heterocycles. The minimum atomic E-state index is -0.159. The Morgan fingerprint density at radius 3 is 2.62 bits per heavy atom. The Balaban J connectivity index is 2.39. The standard InChI is InChI=1S/C14H16N4O3/c1-9(21)16-11-4-2-10(3-5-11)13-12(8-20)14(15)18(17-13)6-7-19/h2-5,8,19H,6-7,15H2,1H3,(H,16,21). The molecule has 0 saturated heterocycles. The Labute approximate surface area is 121 Å². The van der Waals surface area contributed by atoms with E-state index in [0.717, 1.165) is 0 Å². The monoisotopic (exact) mass is 288 g/mol. The number of carbonyl (C=O) groups is 2. The Hall–Kier alpha value is -2.67. The molecule has 21 heavy (non-hydrogen) atoms. The van der Waals surface area contributed by atoms with E-state index in [4.69, 9.17) is 10.8 Å². The van der Waals surface area contributed by atoms with Crippen LogP contribution in [0, 0.1) is 0 Å². The highest BCUT2D eigenvalue weighted by molar-refractivity contribution is 5.92. The zero-order chi connectivity index (χ0) is 15.4. The summed E-state index contributed by atoms with van der Waals surface area (Å²) in [6.45, 7) is 1.53. The summed E-state index contributed by atoms with van der Waals surface area (Å²) in [5.41, 5.74) is 7.93. The second-order valence-electron chi connectivity index (χ2n) is 4.47. The number of nitrogens with zero attached hydrogens (tertiary/aromatic N) is 2. The van der Waals surface area contributed by atoms with Crippen LogP contribution < -0.4 is 11.1 Å². The molecule has 0 aliphatic carbocycles. The molecule has 1 heterocycles. The van der Waals surface area contributed by atoms with Crippen molar-refractivity contribution in [2.75, 3.05) is 17.7 Å². The van der Waals surface area contributed by atoms with E-state index in [9.17, 15) is 9.59 Å². The van der Waals surface area contributed by atoms with Crippen LogP contribution in [0.4, 0.5) is 11.5 Å². The number of anilines is 2. The molecule has 7 heteroatoms. The van der Waals surface area contributed by atoms with Crippen molar-refractivity contribution in [2.24, 2.45) is 0 Å². The van der Waals surface area contributed by atoms with Crippen LogP contribution in [0.5, 0.6) is 0 Å². The van der Waals surface area contributed by atoms with Crippen LogP contribution in [0.15, 0.2) is 24.3 Å². The van der Waals surface area contributed by atoms with Gasteiger partial charge in [-0.3, -0.25) is 9.59 Å². The summed E-state index contributed by atoms with van der Waals surface area (Å²) >= 11 is 0. The number of aliphatic hydroxyl groups excluding tert-OH is 1. The van der Waals surface area contributed by atoms with Gasteiger partial charge in [0.1, 0.15) is 11.5 Å². The highest BCUT2D eigenvalue weighted by Gasteiger charge is 2.16. The van der Waals surface area contributed by atoms with E-state index in [1.165, 1.54) is 11.6 Å². The van der Waals surface area contributed by atoms with Crippen LogP contribution in [-0.4, -0.2) is 33.7 Å². The molecule has 0 bridgehead atoms. The number of benzene rings is 1. The van der Waals surface area contributed by atoms with E-state index in [2.05, 4.69) is 10.4 Å². The molecule has 0 unspecified atom stereocenters. The molecule has 2 rings (SSSR count). The molecule has 0 aliphatic rings. The first-order valence-electron chi connectivity index (χ1n) is 6.37. The fourth-order valence-electron chi connectivity index (χ4n) is 2.00. The number of nitrogens with one attached hydrogen (secondary N) is 1. The molecule has 0 radical (unpaired) electrons. The zero-order valence-electron chi connectivity index (χ0n) is 11.5. The Bertz CT molecular complexity index is 662. The molecular weight excluding hydrogens is 272 g/mol. The van der Waals surface area contributed by atoms with Crippen LogP contribution in [-0.2, 0) is 11.3 Å². The predicted octanol–water partition coefficient (Wildman–Crippen LogP) is 0.896. The van der Waals surface area contributed by atoms with Crippen molar-refractivity contribution in [1.29, 1.82) is 0 Å². The van der Waals surface area contributed by atoms with Crippen LogP contribution in [0.2, 0.25) is 0 Å². The lowest BCUT2D eigenvalue weighted by Crippen LogP contribution is -2.08. The number of aliphatic hydroxyl groups is 1. The third-order valence-corrected chi connectivity index (χ3v) is 2.94. The summed E-state index contributed by atoms with van der Waals surface area (Å²) in [6, 6.07) is 6.91. The van der Waals surface area contributed by atoms with Crippen molar-refractivity contribution < 1.29 is 14.7 Å². The molecular formula is C14H16N4O3. The van der Waals surface area contributed by atoms with Crippen molar-refractivity contribution in [3.05, 3.63) is 29.8 Å². The Morgan fingerprint density at radius 1 is 1.43 bits per heavy atom. The molecule has 0 aliphatic heterocycles. The maximum absolute atomic E-state index is 11.2. The number of hydrogen-bond acceptors (Lipinski definition) is 5. The number of rotatable bonds is 5. The lowest BCUT2D eigenvalue weighted by Gasteiger charge is -2.03. The van der Waals surface area contributed by atoms with Crippen molar-refractivity contribution in [3.63, 3.8) is 0 Å². The first-order chi connectivity index (χ1) is 10.1. The first kappa shape index (κ1) is 14.7. The number of nitrogens with two attached hydrogens (primary N) is 1. The molecule has 110 valence electrons. The van der Waals surface area contributed by atoms with Gasteiger partial charge in [-0.1, -0.05) is 12.1 Å². The number of nitrogen functional groups attached to an aromatic ring is 1. The van der Waals surface area contributed by atoms with E-state index in [-0.39, 0.29) is 30.4 Å². The number of amides is 1. The zero-order valence-corrected chi connectivity index (χ0v) is 11.5. The lowest BCUT2D eigenvalue weighted by molar-refractivity contribution is -0.114. The van der Waals surface area contributed by atoms with Crippen LogP contribution in [0.1, 0.15) is 17.3 Å². The second-order valence-corrected chi connectivity index (χ2v) is 4.47. The van der Waals surface area contributed by atoms with Crippen molar-refractivity contribution >= 4 is 23.7 Å². The third kappa shape index (κ3) is 3.09. The molecule has 7 nitrogen and oxygen atoms in total. The topological polar surface area (TPSA) is 110 Å². The smallest absolute Gasteiger partial charge is 0.221 e. The number of hydrogen-bond donors (Lipinski definition) is 3. The molecule has 1 aromatic carbocycles. The number of aldehydes is 1. The highest BCUT2D eigenvalue weighted by Crippen LogP contribution is 2.26. The maximum Gasteiger partial charge on any atom is 0.221 e. The summed E-state index contributed by atoms with van der Waals surface area (Å²) in [4.78, 5) is 22.2. The van der Waals surface area contributed by atoms with E-state index < -0.39 is 0 Å². The van der Waals surface area contributed by atoms with Crippen LogP contribution in [0.3, 0.4) is 0 Å². The van der Waals surface area contributed by atoms with Gasteiger partial charge in [0.05, 0.1) is 18.7 Å². The van der Waals surface area contributed by atoms with Crippen molar-refractivity contribution in [3.8, 4) is 11.3 Å². The molecule has 0 atom stereocenters. The quantitative estimate of drug-likeness (QED) is 0.708.